The number of nitrogens with one attached hydrogen (secondary N) is 1. The van der Waals surface area contributed by atoms with E-state index < -0.39 is 0 Å². The van der Waals surface area contributed by atoms with Crippen LogP contribution in [-0.4, -0.2) is 75.4 Å². The van der Waals surface area contributed by atoms with Crippen molar-refractivity contribution in [3.63, 3.8) is 0 Å². The number of nitrogens with zero attached hydrogens (tertiary/aromatic N) is 3. The first-order valence-electron chi connectivity index (χ1n) is 8.33. The van der Waals surface area contributed by atoms with Crippen LogP contribution in [0.2, 0.25) is 0 Å². The Morgan fingerprint density at radius 2 is 2.04 bits per heavy atom. The fraction of sp³-hybridized carbons (Fsp3) is 0.588. The zero-order valence-electron chi connectivity index (χ0n) is 13.8. The van der Waals surface area contributed by atoms with Gasteiger partial charge in [-0.05, 0) is 6.07 Å². The van der Waals surface area contributed by atoms with E-state index in [9.17, 15) is 0 Å². The van der Waals surface area contributed by atoms with Crippen molar-refractivity contribution >= 4 is 5.96 Å². The average molecular weight is 318 g/mol. The maximum atomic E-state index is 6.01. The molecule has 1 saturated heterocycles. The molecule has 6 nitrogen and oxygen atoms in total. The van der Waals surface area contributed by atoms with Crippen molar-refractivity contribution in [3.05, 3.63) is 29.8 Å². The van der Waals surface area contributed by atoms with Crippen molar-refractivity contribution in [1.82, 2.24) is 15.1 Å². The molecule has 1 fully saturated rings. The molecule has 23 heavy (non-hydrogen) atoms. The summed E-state index contributed by atoms with van der Waals surface area (Å²) < 4.78 is 11.4. The Kier molecular flexibility index (Phi) is 5.71. The van der Waals surface area contributed by atoms with Crippen LogP contribution in [0, 0.1) is 0 Å². The van der Waals surface area contributed by atoms with E-state index in [2.05, 4.69) is 33.2 Å². The molecule has 1 N–H and O–H groups in total. The zero-order valence-corrected chi connectivity index (χ0v) is 13.8. The van der Waals surface area contributed by atoms with Gasteiger partial charge in [0, 0.05) is 45.3 Å². The number of rotatable bonds is 6. The van der Waals surface area contributed by atoms with Crippen LogP contribution >= 0.6 is 0 Å². The van der Waals surface area contributed by atoms with Crippen LogP contribution in [0.3, 0.4) is 0 Å². The van der Waals surface area contributed by atoms with Crippen LogP contribution in [0.5, 0.6) is 5.75 Å². The third kappa shape index (κ3) is 4.59. The Balaban J connectivity index is 1.48. The molecule has 0 spiro atoms. The Labute approximate surface area is 138 Å². The monoisotopic (exact) mass is 318 g/mol. The zero-order chi connectivity index (χ0) is 15.9. The predicted octanol–water partition coefficient (Wildman–Crippen LogP) is 0.789. The van der Waals surface area contributed by atoms with Crippen LogP contribution < -0.4 is 10.1 Å². The second-order valence-corrected chi connectivity index (χ2v) is 5.89. The molecular weight excluding hydrogens is 292 g/mol. The summed E-state index contributed by atoms with van der Waals surface area (Å²) in [7, 11) is 2.06. The SMILES string of the molecule is CN1CCN=C1NCc1ccccc1OCCN1CCOCC1. The van der Waals surface area contributed by atoms with Gasteiger partial charge in [-0.3, -0.25) is 9.89 Å². The van der Waals surface area contributed by atoms with Crippen LogP contribution in [0.25, 0.3) is 0 Å². The highest BCUT2D eigenvalue weighted by Gasteiger charge is 2.13. The number of para-hydroxylation sites is 1. The standard InChI is InChI=1S/C17H26N4O2/c1-20-7-6-18-17(20)19-14-15-4-2-3-5-16(15)23-13-10-21-8-11-22-12-9-21/h2-5H,6-14H2,1H3,(H,18,19). The summed E-state index contributed by atoms with van der Waals surface area (Å²) >= 11 is 0. The van der Waals surface area contributed by atoms with E-state index in [1.54, 1.807) is 0 Å². The molecule has 1 aromatic carbocycles. The fourth-order valence-corrected chi connectivity index (χ4v) is 2.80. The molecule has 0 unspecified atom stereocenters. The highest BCUT2D eigenvalue weighted by atomic mass is 16.5. The summed E-state index contributed by atoms with van der Waals surface area (Å²) in [5.41, 5.74) is 1.16. The van der Waals surface area contributed by atoms with Crippen molar-refractivity contribution in [1.29, 1.82) is 0 Å². The van der Waals surface area contributed by atoms with Gasteiger partial charge in [0.15, 0.2) is 5.96 Å². The number of morpholine rings is 1. The molecule has 2 aliphatic heterocycles. The van der Waals surface area contributed by atoms with Crippen LogP contribution in [0.4, 0.5) is 0 Å². The van der Waals surface area contributed by atoms with Gasteiger partial charge in [0.2, 0.25) is 0 Å². The summed E-state index contributed by atoms with van der Waals surface area (Å²) in [4.78, 5) is 8.98. The minimum absolute atomic E-state index is 0.706. The molecule has 0 bridgehead atoms. The van der Waals surface area contributed by atoms with E-state index in [4.69, 9.17) is 9.47 Å². The molecule has 0 aromatic heterocycles. The number of guanidine groups is 1. The van der Waals surface area contributed by atoms with Gasteiger partial charge in [-0.25, -0.2) is 0 Å². The first-order chi connectivity index (χ1) is 11.3. The molecule has 1 aromatic rings. The maximum Gasteiger partial charge on any atom is 0.194 e. The van der Waals surface area contributed by atoms with E-state index in [0.29, 0.717) is 6.61 Å². The summed E-state index contributed by atoms with van der Waals surface area (Å²) in [5, 5.41) is 3.40. The molecule has 126 valence electrons. The van der Waals surface area contributed by atoms with E-state index >= 15 is 0 Å². The van der Waals surface area contributed by atoms with Gasteiger partial charge >= 0.3 is 0 Å². The molecule has 3 rings (SSSR count). The number of likely N-dealkylation sites (N-methyl/N-ethyl adjacent to an activating group) is 1. The van der Waals surface area contributed by atoms with Crippen molar-refractivity contribution in [3.8, 4) is 5.75 Å². The Bertz CT molecular complexity index is 529. The van der Waals surface area contributed by atoms with Crippen molar-refractivity contribution in [2.24, 2.45) is 4.99 Å². The Morgan fingerprint density at radius 3 is 2.83 bits per heavy atom. The molecule has 0 radical (unpaired) electrons. The number of benzene rings is 1. The largest absolute Gasteiger partial charge is 0.492 e. The second kappa shape index (κ2) is 8.17. The fourth-order valence-electron chi connectivity index (χ4n) is 2.80. The summed E-state index contributed by atoms with van der Waals surface area (Å²) in [6.45, 7) is 7.90. The lowest BCUT2D eigenvalue weighted by Crippen LogP contribution is -2.38. The average Bonchev–Trinajstić information content (AvgIpc) is 3.00. The molecule has 0 amide bonds. The second-order valence-electron chi connectivity index (χ2n) is 5.89. The van der Waals surface area contributed by atoms with Crippen LogP contribution in [-0.2, 0) is 11.3 Å². The predicted molar refractivity (Wildman–Crippen MR) is 91.0 cm³/mol. The minimum atomic E-state index is 0.706. The van der Waals surface area contributed by atoms with E-state index in [1.807, 2.05) is 18.2 Å². The smallest absolute Gasteiger partial charge is 0.194 e. The molecule has 0 saturated carbocycles. The van der Waals surface area contributed by atoms with Crippen LogP contribution in [0.1, 0.15) is 5.56 Å². The van der Waals surface area contributed by atoms with E-state index in [-0.39, 0.29) is 0 Å². The first kappa shape index (κ1) is 16.1. The maximum absolute atomic E-state index is 6.01. The molecule has 0 atom stereocenters. The van der Waals surface area contributed by atoms with E-state index in [0.717, 1.165) is 69.8 Å². The normalized spacial score (nSPS) is 18.8. The Morgan fingerprint density at radius 1 is 1.22 bits per heavy atom. The highest BCUT2D eigenvalue weighted by molar-refractivity contribution is 5.81. The number of hydrogen-bond acceptors (Lipinski definition) is 6. The highest BCUT2D eigenvalue weighted by Crippen LogP contribution is 2.18. The topological polar surface area (TPSA) is 49.3 Å². The van der Waals surface area contributed by atoms with Crippen molar-refractivity contribution in [2.45, 2.75) is 6.54 Å². The summed E-state index contributed by atoms with van der Waals surface area (Å²) in [6, 6.07) is 8.21. The van der Waals surface area contributed by atoms with Crippen molar-refractivity contribution in [2.75, 3.05) is 59.6 Å². The van der Waals surface area contributed by atoms with Gasteiger partial charge < -0.3 is 19.7 Å². The number of hydrogen-bond donors (Lipinski definition) is 1. The van der Waals surface area contributed by atoms with Gasteiger partial charge in [-0.2, -0.15) is 0 Å². The lowest BCUT2D eigenvalue weighted by molar-refractivity contribution is 0.0322. The Hall–Kier alpha value is -1.79. The first-order valence-corrected chi connectivity index (χ1v) is 8.33. The lowest BCUT2D eigenvalue weighted by Gasteiger charge is -2.26. The summed E-state index contributed by atoms with van der Waals surface area (Å²) in [5.74, 6) is 1.92. The minimum Gasteiger partial charge on any atom is -0.492 e. The number of ether oxygens (including phenoxy) is 2. The van der Waals surface area contributed by atoms with E-state index in [1.165, 1.54) is 0 Å². The lowest BCUT2D eigenvalue weighted by atomic mass is 10.2. The third-order valence-corrected chi connectivity index (χ3v) is 4.24. The van der Waals surface area contributed by atoms with Gasteiger partial charge in [-0.1, -0.05) is 18.2 Å². The quantitative estimate of drug-likeness (QED) is 0.840. The van der Waals surface area contributed by atoms with Gasteiger partial charge in [-0.15, -0.1) is 0 Å². The van der Waals surface area contributed by atoms with Crippen LogP contribution in [0.15, 0.2) is 29.3 Å². The third-order valence-electron chi connectivity index (χ3n) is 4.24. The molecular formula is C17H26N4O2. The summed E-state index contributed by atoms with van der Waals surface area (Å²) in [6.07, 6.45) is 0. The van der Waals surface area contributed by atoms with Gasteiger partial charge in [0.05, 0.1) is 19.8 Å². The van der Waals surface area contributed by atoms with Gasteiger partial charge in [0.25, 0.3) is 0 Å². The van der Waals surface area contributed by atoms with Crippen molar-refractivity contribution < 1.29 is 9.47 Å². The molecule has 0 aliphatic carbocycles. The molecule has 2 heterocycles. The molecule has 2 aliphatic rings. The number of aliphatic imine (C=N–C) groups is 1. The molecule has 6 heteroatoms. The van der Waals surface area contributed by atoms with Gasteiger partial charge in [0.1, 0.15) is 12.4 Å².